The van der Waals surface area contributed by atoms with Gasteiger partial charge in [-0.1, -0.05) is 11.6 Å². The van der Waals surface area contributed by atoms with Crippen LogP contribution >= 0.6 is 11.6 Å². The number of benzene rings is 1. The average Bonchev–Trinajstić information content (AvgIpc) is 2.63. The van der Waals surface area contributed by atoms with Crippen LogP contribution in [-0.2, 0) is 13.5 Å². The van der Waals surface area contributed by atoms with Gasteiger partial charge in [-0.2, -0.15) is 5.10 Å². The Labute approximate surface area is 103 Å². The van der Waals surface area contributed by atoms with Gasteiger partial charge in [0, 0.05) is 18.8 Å². The predicted molar refractivity (Wildman–Crippen MR) is 62.7 cm³/mol. The van der Waals surface area contributed by atoms with Crippen molar-refractivity contribution in [2.75, 3.05) is 0 Å². The van der Waals surface area contributed by atoms with Gasteiger partial charge in [-0.25, -0.2) is 4.39 Å². The number of halogens is 2. The molecule has 0 N–H and O–H groups in total. The van der Waals surface area contributed by atoms with Crippen molar-refractivity contribution in [1.82, 2.24) is 9.78 Å². The lowest BCUT2D eigenvalue weighted by Gasteiger charge is -2.02. The van der Waals surface area contributed by atoms with E-state index in [0.717, 1.165) is 6.07 Å². The van der Waals surface area contributed by atoms with Gasteiger partial charge >= 0.3 is 0 Å². The average molecular weight is 253 g/mol. The van der Waals surface area contributed by atoms with Gasteiger partial charge < -0.3 is 0 Å². The number of hydrogen-bond acceptors (Lipinski definition) is 2. The molecule has 3 nitrogen and oxygen atoms in total. The molecule has 0 saturated heterocycles. The molecule has 1 heterocycles. The van der Waals surface area contributed by atoms with Crippen LogP contribution in [0.3, 0.4) is 0 Å². The van der Waals surface area contributed by atoms with Crippen molar-refractivity contribution in [2.45, 2.75) is 6.42 Å². The molecule has 2 rings (SSSR count). The number of aromatic nitrogens is 2. The second-order valence-electron chi connectivity index (χ2n) is 3.70. The second kappa shape index (κ2) is 4.67. The fraction of sp³-hybridized carbons (Fsp3) is 0.167. The number of Topliss-reactive ketones (excluding diaryl/α,β-unsaturated/α-hetero) is 1. The third kappa shape index (κ3) is 2.71. The van der Waals surface area contributed by atoms with Crippen molar-refractivity contribution < 1.29 is 9.18 Å². The number of aryl methyl sites for hydroxylation is 1. The Morgan fingerprint density at radius 3 is 2.82 bits per heavy atom. The van der Waals surface area contributed by atoms with Gasteiger partial charge in [-0.3, -0.25) is 9.48 Å². The van der Waals surface area contributed by atoms with Gasteiger partial charge in [-0.15, -0.1) is 0 Å². The van der Waals surface area contributed by atoms with E-state index in [9.17, 15) is 9.18 Å². The summed E-state index contributed by atoms with van der Waals surface area (Å²) in [5.74, 6) is -0.627. The Bertz CT molecular complexity index is 565. The van der Waals surface area contributed by atoms with Crippen LogP contribution in [0, 0.1) is 5.82 Å². The standard InChI is InChI=1S/C12H10ClFN2O/c1-16-5-4-9(15-16)7-12(17)10-3-2-8(14)6-11(10)13/h2-6H,7H2,1H3. The fourth-order valence-corrected chi connectivity index (χ4v) is 1.81. The van der Waals surface area contributed by atoms with E-state index in [4.69, 9.17) is 11.6 Å². The smallest absolute Gasteiger partial charge is 0.170 e. The summed E-state index contributed by atoms with van der Waals surface area (Å²) >= 11 is 5.81. The van der Waals surface area contributed by atoms with E-state index in [2.05, 4.69) is 5.10 Å². The molecular formula is C12H10ClFN2O. The quantitative estimate of drug-likeness (QED) is 0.787. The van der Waals surface area contributed by atoms with Crippen LogP contribution in [0.1, 0.15) is 16.1 Å². The van der Waals surface area contributed by atoms with E-state index in [-0.39, 0.29) is 17.2 Å². The van der Waals surface area contributed by atoms with E-state index in [1.54, 1.807) is 24.0 Å². The number of nitrogens with zero attached hydrogens (tertiary/aromatic N) is 2. The van der Waals surface area contributed by atoms with Crippen LogP contribution in [0.4, 0.5) is 4.39 Å². The molecule has 0 atom stereocenters. The molecule has 0 unspecified atom stereocenters. The minimum atomic E-state index is -0.454. The van der Waals surface area contributed by atoms with Gasteiger partial charge in [0.25, 0.3) is 0 Å². The molecule has 0 bridgehead atoms. The van der Waals surface area contributed by atoms with Crippen molar-refractivity contribution in [3.05, 3.63) is 52.6 Å². The summed E-state index contributed by atoms with van der Waals surface area (Å²) in [6.07, 6.45) is 1.92. The fourth-order valence-electron chi connectivity index (χ4n) is 1.53. The highest BCUT2D eigenvalue weighted by atomic mass is 35.5. The Kier molecular flexibility index (Phi) is 3.24. The molecule has 5 heteroatoms. The maximum Gasteiger partial charge on any atom is 0.170 e. The van der Waals surface area contributed by atoms with Gasteiger partial charge in [0.05, 0.1) is 17.1 Å². The lowest BCUT2D eigenvalue weighted by Crippen LogP contribution is -2.05. The van der Waals surface area contributed by atoms with E-state index >= 15 is 0 Å². The van der Waals surface area contributed by atoms with Crippen LogP contribution in [0.25, 0.3) is 0 Å². The summed E-state index contributed by atoms with van der Waals surface area (Å²) in [5, 5.41) is 4.23. The monoisotopic (exact) mass is 252 g/mol. The van der Waals surface area contributed by atoms with Crippen molar-refractivity contribution >= 4 is 17.4 Å². The molecule has 0 aliphatic rings. The topological polar surface area (TPSA) is 34.9 Å². The van der Waals surface area contributed by atoms with Crippen molar-refractivity contribution in [3.8, 4) is 0 Å². The first-order valence-electron chi connectivity index (χ1n) is 5.03. The van der Waals surface area contributed by atoms with Crippen molar-refractivity contribution in [2.24, 2.45) is 7.05 Å². The third-order valence-corrected chi connectivity index (χ3v) is 2.65. The largest absolute Gasteiger partial charge is 0.294 e. The van der Waals surface area contributed by atoms with E-state index in [1.807, 2.05) is 0 Å². The zero-order chi connectivity index (χ0) is 12.4. The van der Waals surface area contributed by atoms with Crippen LogP contribution in [0.2, 0.25) is 5.02 Å². The molecule has 2 aromatic rings. The van der Waals surface area contributed by atoms with E-state index in [1.165, 1.54) is 12.1 Å². The van der Waals surface area contributed by atoms with Gasteiger partial charge in [0.2, 0.25) is 0 Å². The molecular weight excluding hydrogens is 243 g/mol. The number of hydrogen-bond donors (Lipinski definition) is 0. The zero-order valence-corrected chi connectivity index (χ0v) is 9.91. The van der Waals surface area contributed by atoms with E-state index < -0.39 is 5.82 Å². The van der Waals surface area contributed by atoms with Crippen LogP contribution in [0.15, 0.2) is 30.5 Å². The molecule has 0 spiro atoms. The molecule has 0 aliphatic carbocycles. The highest BCUT2D eigenvalue weighted by Crippen LogP contribution is 2.19. The Balaban J connectivity index is 2.20. The summed E-state index contributed by atoms with van der Waals surface area (Å²) in [4.78, 5) is 11.9. The van der Waals surface area contributed by atoms with Gasteiger partial charge in [-0.05, 0) is 24.3 Å². The summed E-state index contributed by atoms with van der Waals surface area (Å²) < 4.78 is 14.4. The minimum absolute atomic E-state index is 0.130. The summed E-state index contributed by atoms with van der Waals surface area (Å²) in [6, 6.07) is 5.50. The number of carbonyl (C=O) groups excluding carboxylic acids is 1. The first-order valence-corrected chi connectivity index (χ1v) is 5.41. The van der Waals surface area contributed by atoms with Gasteiger partial charge in [0.15, 0.2) is 5.78 Å². The molecule has 0 radical (unpaired) electrons. The third-order valence-electron chi connectivity index (χ3n) is 2.34. The summed E-state index contributed by atoms with van der Waals surface area (Å²) in [5.41, 5.74) is 0.983. The number of ketones is 1. The molecule has 0 saturated carbocycles. The van der Waals surface area contributed by atoms with Crippen LogP contribution < -0.4 is 0 Å². The normalized spacial score (nSPS) is 10.5. The number of carbonyl (C=O) groups is 1. The first kappa shape index (κ1) is 11.8. The molecule has 0 amide bonds. The predicted octanol–water partition coefficient (Wildman–Crippen LogP) is 2.64. The molecule has 17 heavy (non-hydrogen) atoms. The Morgan fingerprint density at radius 2 is 2.24 bits per heavy atom. The van der Waals surface area contributed by atoms with Crippen molar-refractivity contribution in [1.29, 1.82) is 0 Å². The highest BCUT2D eigenvalue weighted by Gasteiger charge is 2.13. The maximum atomic E-state index is 12.8. The molecule has 1 aromatic heterocycles. The minimum Gasteiger partial charge on any atom is -0.294 e. The second-order valence-corrected chi connectivity index (χ2v) is 4.11. The molecule has 1 aromatic carbocycles. The van der Waals surface area contributed by atoms with Crippen LogP contribution in [-0.4, -0.2) is 15.6 Å². The summed E-state index contributed by atoms with van der Waals surface area (Å²) in [6.45, 7) is 0. The highest BCUT2D eigenvalue weighted by molar-refractivity contribution is 6.34. The molecule has 0 aliphatic heterocycles. The zero-order valence-electron chi connectivity index (χ0n) is 9.15. The lowest BCUT2D eigenvalue weighted by atomic mass is 10.1. The SMILES string of the molecule is Cn1ccc(CC(=O)c2ccc(F)cc2Cl)n1. The number of rotatable bonds is 3. The Hall–Kier alpha value is -1.68. The molecule has 0 fully saturated rings. The first-order chi connectivity index (χ1) is 8.06. The van der Waals surface area contributed by atoms with Gasteiger partial charge in [0.1, 0.15) is 5.82 Å². The summed E-state index contributed by atoms with van der Waals surface area (Å²) in [7, 11) is 1.78. The van der Waals surface area contributed by atoms with Crippen LogP contribution in [0.5, 0.6) is 0 Å². The Morgan fingerprint density at radius 1 is 1.47 bits per heavy atom. The molecule has 88 valence electrons. The lowest BCUT2D eigenvalue weighted by molar-refractivity contribution is 0.0992. The van der Waals surface area contributed by atoms with E-state index in [0.29, 0.717) is 11.3 Å². The maximum absolute atomic E-state index is 12.8. The van der Waals surface area contributed by atoms with Crippen molar-refractivity contribution in [3.63, 3.8) is 0 Å².